The average molecular weight is 315 g/mol. The second kappa shape index (κ2) is 7.63. The molecular formula is C18H21NO4. The first-order chi connectivity index (χ1) is 11.0. The number of pyridine rings is 1. The fourth-order valence-electron chi connectivity index (χ4n) is 2.10. The summed E-state index contributed by atoms with van der Waals surface area (Å²) in [7, 11) is 0. The minimum absolute atomic E-state index is 0.182. The summed E-state index contributed by atoms with van der Waals surface area (Å²) in [5.41, 5.74) is 0.905. The van der Waals surface area contributed by atoms with Crippen LogP contribution in [-0.4, -0.2) is 22.2 Å². The van der Waals surface area contributed by atoms with Gasteiger partial charge in [0.1, 0.15) is 0 Å². The van der Waals surface area contributed by atoms with Gasteiger partial charge in [0.15, 0.2) is 5.75 Å². The lowest BCUT2D eigenvalue weighted by atomic mass is 10.1. The van der Waals surface area contributed by atoms with Crippen molar-refractivity contribution in [2.75, 3.05) is 6.61 Å². The fraction of sp³-hybridized carbons (Fsp3) is 0.333. The van der Waals surface area contributed by atoms with Gasteiger partial charge in [0.05, 0.1) is 18.7 Å². The molecule has 0 aliphatic rings. The molecule has 23 heavy (non-hydrogen) atoms. The molecule has 1 aromatic carbocycles. The molecule has 0 unspecified atom stereocenters. The smallest absolute Gasteiger partial charge is 0.335 e. The normalized spacial score (nSPS) is 10.7. The Morgan fingerprint density at radius 3 is 2.52 bits per heavy atom. The Balaban J connectivity index is 2.11. The first kappa shape index (κ1) is 16.8. The van der Waals surface area contributed by atoms with Crippen LogP contribution in [0, 0.1) is 5.92 Å². The van der Waals surface area contributed by atoms with E-state index in [4.69, 9.17) is 9.84 Å². The Hall–Kier alpha value is -2.56. The SMILES string of the molecule is CC(C)CCOc1cccn(Cc2ccc(C(=O)O)cc2)c1=O. The molecule has 0 saturated carbocycles. The maximum Gasteiger partial charge on any atom is 0.335 e. The quantitative estimate of drug-likeness (QED) is 0.853. The van der Waals surface area contributed by atoms with E-state index in [1.165, 1.54) is 12.1 Å². The lowest BCUT2D eigenvalue weighted by Crippen LogP contribution is -2.22. The zero-order chi connectivity index (χ0) is 16.8. The summed E-state index contributed by atoms with van der Waals surface area (Å²) in [6.07, 6.45) is 2.59. The molecule has 0 amide bonds. The molecule has 5 heteroatoms. The van der Waals surface area contributed by atoms with Crippen LogP contribution in [0.4, 0.5) is 0 Å². The standard InChI is InChI=1S/C18H21NO4/c1-13(2)9-11-23-16-4-3-10-19(17(16)20)12-14-5-7-15(8-6-14)18(21)22/h3-8,10,13H,9,11-12H2,1-2H3,(H,21,22). The van der Waals surface area contributed by atoms with Crippen molar-refractivity contribution in [3.63, 3.8) is 0 Å². The largest absolute Gasteiger partial charge is 0.488 e. The van der Waals surface area contributed by atoms with Gasteiger partial charge in [-0.15, -0.1) is 0 Å². The molecule has 0 spiro atoms. The van der Waals surface area contributed by atoms with Gasteiger partial charge in [0.2, 0.25) is 0 Å². The van der Waals surface area contributed by atoms with Gasteiger partial charge in [-0.1, -0.05) is 26.0 Å². The Bertz CT molecular complexity index is 717. The lowest BCUT2D eigenvalue weighted by Gasteiger charge is -2.10. The van der Waals surface area contributed by atoms with E-state index in [2.05, 4.69) is 13.8 Å². The average Bonchev–Trinajstić information content (AvgIpc) is 2.51. The van der Waals surface area contributed by atoms with E-state index in [9.17, 15) is 9.59 Å². The van der Waals surface area contributed by atoms with Crippen molar-refractivity contribution in [3.8, 4) is 5.75 Å². The number of ether oxygens (including phenoxy) is 1. The number of aromatic carboxylic acids is 1. The van der Waals surface area contributed by atoms with Crippen molar-refractivity contribution < 1.29 is 14.6 Å². The van der Waals surface area contributed by atoms with Crippen molar-refractivity contribution in [1.82, 2.24) is 4.57 Å². The highest BCUT2D eigenvalue weighted by molar-refractivity contribution is 5.87. The Kier molecular flexibility index (Phi) is 5.57. The molecule has 0 fully saturated rings. The van der Waals surface area contributed by atoms with Crippen LogP contribution in [0.25, 0.3) is 0 Å². The second-order valence-corrected chi connectivity index (χ2v) is 5.84. The maximum atomic E-state index is 12.4. The van der Waals surface area contributed by atoms with Gasteiger partial charge in [0.25, 0.3) is 5.56 Å². The van der Waals surface area contributed by atoms with Gasteiger partial charge in [-0.05, 0) is 42.2 Å². The van der Waals surface area contributed by atoms with E-state index >= 15 is 0 Å². The number of carboxylic acid groups (broad SMARTS) is 1. The zero-order valence-corrected chi connectivity index (χ0v) is 13.4. The molecule has 1 heterocycles. The molecule has 2 aromatic rings. The van der Waals surface area contributed by atoms with Gasteiger partial charge >= 0.3 is 5.97 Å². The maximum absolute atomic E-state index is 12.4. The summed E-state index contributed by atoms with van der Waals surface area (Å²) < 4.78 is 7.12. The topological polar surface area (TPSA) is 68.5 Å². The van der Waals surface area contributed by atoms with Gasteiger partial charge in [-0.25, -0.2) is 4.79 Å². The van der Waals surface area contributed by atoms with Gasteiger partial charge in [-0.3, -0.25) is 4.79 Å². The van der Waals surface area contributed by atoms with E-state index in [-0.39, 0.29) is 11.1 Å². The molecule has 1 aromatic heterocycles. The van der Waals surface area contributed by atoms with E-state index in [1.54, 1.807) is 35.0 Å². The third-order valence-corrected chi connectivity index (χ3v) is 3.49. The first-order valence-corrected chi connectivity index (χ1v) is 7.62. The number of rotatable bonds is 7. The Labute approximate surface area is 135 Å². The minimum Gasteiger partial charge on any atom is -0.488 e. The molecule has 0 saturated heterocycles. The molecule has 0 aliphatic heterocycles. The molecule has 122 valence electrons. The zero-order valence-electron chi connectivity index (χ0n) is 13.4. The predicted molar refractivity (Wildman–Crippen MR) is 88.2 cm³/mol. The van der Waals surface area contributed by atoms with Crippen LogP contribution in [0.5, 0.6) is 5.75 Å². The Morgan fingerprint density at radius 2 is 1.91 bits per heavy atom. The summed E-state index contributed by atoms with van der Waals surface area (Å²) in [5, 5.41) is 8.90. The summed E-state index contributed by atoms with van der Waals surface area (Å²) in [6.45, 7) is 5.10. The van der Waals surface area contributed by atoms with Crippen molar-refractivity contribution in [3.05, 3.63) is 64.1 Å². The van der Waals surface area contributed by atoms with Crippen LogP contribution in [0.2, 0.25) is 0 Å². The summed E-state index contributed by atoms with van der Waals surface area (Å²) in [4.78, 5) is 23.2. The van der Waals surface area contributed by atoms with Gasteiger partial charge < -0.3 is 14.4 Å². The molecule has 0 atom stereocenters. The van der Waals surface area contributed by atoms with Crippen molar-refractivity contribution >= 4 is 5.97 Å². The molecule has 0 aliphatic carbocycles. The van der Waals surface area contributed by atoms with Gasteiger partial charge in [-0.2, -0.15) is 0 Å². The van der Waals surface area contributed by atoms with Crippen molar-refractivity contribution in [2.24, 2.45) is 5.92 Å². The molecular weight excluding hydrogens is 294 g/mol. The number of aromatic nitrogens is 1. The molecule has 1 N–H and O–H groups in total. The van der Waals surface area contributed by atoms with E-state index < -0.39 is 5.97 Å². The number of hydrogen-bond acceptors (Lipinski definition) is 3. The summed E-state index contributed by atoms with van der Waals surface area (Å²) in [5.74, 6) is -0.0988. The molecule has 0 bridgehead atoms. The molecule has 2 rings (SSSR count). The van der Waals surface area contributed by atoms with Crippen molar-refractivity contribution in [2.45, 2.75) is 26.8 Å². The van der Waals surface area contributed by atoms with Crippen molar-refractivity contribution in [1.29, 1.82) is 0 Å². The summed E-state index contributed by atoms with van der Waals surface area (Å²) >= 11 is 0. The number of nitrogens with zero attached hydrogens (tertiary/aromatic N) is 1. The Morgan fingerprint density at radius 1 is 1.22 bits per heavy atom. The fourth-order valence-corrected chi connectivity index (χ4v) is 2.10. The highest BCUT2D eigenvalue weighted by atomic mass is 16.5. The third-order valence-electron chi connectivity index (χ3n) is 3.49. The number of carbonyl (C=O) groups is 1. The van der Waals surface area contributed by atoms with Crippen LogP contribution in [0.15, 0.2) is 47.4 Å². The third kappa shape index (κ3) is 4.71. The van der Waals surface area contributed by atoms with Crippen LogP contribution in [0.3, 0.4) is 0 Å². The number of carboxylic acids is 1. The van der Waals surface area contributed by atoms with Crippen LogP contribution < -0.4 is 10.3 Å². The predicted octanol–water partition coefficient (Wildman–Crippen LogP) is 3.02. The molecule has 0 radical (unpaired) electrons. The van der Waals surface area contributed by atoms with E-state index in [1.807, 2.05) is 0 Å². The molecule has 5 nitrogen and oxygen atoms in total. The van der Waals surface area contributed by atoms with E-state index in [0.717, 1.165) is 12.0 Å². The highest BCUT2D eigenvalue weighted by Crippen LogP contribution is 2.09. The van der Waals surface area contributed by atoms with Crippen LogP contribution >= 0.6 is 0 Å². The van der Waals surface area contributed by atoms with Crippen LogP contribution in [-0.2, 0) is 6.54 Å². The second-order valence-electron chi connectivity index (χ2n) is 5.84. The first-order valence-electron chi connectivity index (χ1n) is 7.62. The summed E-state index contributed by atoms with van der Waals surface area (Å²) in [6, 6.07) is 9.94. The monoisotopic (exact) mass is 315 g/mol. The minimum atomic E-state index is -0.964. The van der Waals surface area contributed by atoms with E-state index in [0.29, 0.717) is 24.8 Å². The van der Waals surface area contributed by atoms with Gasteiger partial charge in [0, 0.05) is 6.20 Å². The van der Waals surface area contributed by atoms with Crippen LogP contribution in [0.1, 0.15) is 36.2 Å². The highest BCUT2D eigenvalue weighted by Gasteiger charge is 2.07. The number of benzene rings is 1. The lowest BCUT2D eigenvalue weighted by molar-refractivity contribution is 0.0697. The number of hydrogen-bond donors (Lipinski definition) is 1.